The molecule has 5 rings (SSSR count). The molecule has 2 aromatic heterocycles. The van der Waals surface area contributed by atoms with Crippen molar-refractivity contribution in [1.82, 2.24) is 19.7 Å². The van der Waals surface area contributed by atoms with E-state index in [9.17, 15) is 8.78 Å². The Bertz CT molecular complexity index is 1120. The molecule has 1 atom stereocenters. The number of rotatable bonds is 3. The van der Waals surface area contributed by atoms with Crippen molar-refractivity contribution in [2.75, 3.05) is 0 Å². The number of benzene rings is 2. The summed E-state index contributed by atoms with van der Waals surface area (Å²) in [6.45, 7) is 0.860. The van der Waals surface area contributed by atoms with Crippen molar-refractivity contribution < 1.29 is 18.0 Å². The molecule has 4 aromatic rings. The molecule has 1 aliphatic heterocycles. The third-order valence-corrected chi connectivity index (χ3v) is 4.70. The second-order valence-electron chi connectivity index (χ2n) is 6.47. The lowest BCUT2D eigenvalue weighted by atomic mass is 10.1. The van der Waals surface area contributed by atoms with Gasteiger partial charge in [-0.3, -0.25) is 0 Å². The average molecular weight is 380 g/mol. The second kappa shape index (κ2) is 6.65. The second-order valence-corrected chi connectivity index (χ2v) is 6.47. The van der Waals surface area contributed by atoms with Gasteiger partial charge in [-0.1, -0.05) is 17.3 Å². The topological polar surface area (TPSA) is 66.0 Å². The maximum Gasteiger partial charge on any atom is 0.278 e. The largest absolute Gasteiger partial charge is 0.365 e. The van der Waals surface area contributed by atoms with E-state index >= 15 is 0 Å². The number of aromatic nitrogens is 4. The van der Waals surface area contributed by atoms with Gasteiger partial charge in [-0.2, -0.15) is 4.98 Å². The van der Waals surface area contributed by atoms with Crippen LogP contribution < -0.4 is 0 Å². The highest BCUT2D eigenvalue weighted by Gasteiger charge is 2.26. The summed E-state index contributed by atoms with van der Waals surface area (Å²) in [7, 11) is 0. The van der Waals surface area contributed by atoms with Crippen molar-refractivity contribution in [2.24, 2.45) is 0 Å². The Kier molecular flexibility index (Phi) is 3.98. The van der Waals surface area contributed by atoms with Crippen LogP contribution >= 0.6 is 0 Å². The molecule has 0 N–H and O–H groups in total. The number of ether oxygens (including phenoxy) is 1. The van der Waals surface area contributed by atoms with Crippen molar-refractivity contribution in [3.63, 3.8) is 0 Å². The summed E-state index contributed by atoms with van der Waals surface area (Å²) in [4.78, 5) is 8.77. The Morgan fingerprint density at radius 2 is 1.68 bits per heavy atom. The standard InChI is InChI=1S/C20H14F2N4O2/c21-14-5-1-12(2-6-14)17-9-26-11-23-18(16(26)10-27-17)20-24-19(25-28-20)13-3-7-15(22)8-4-13/h1-8,11,17H,9-10H2/t17-/m0/s1. The van der Waals surface area contributed by atoms with Gasteiger partial charge in [-0.15, -0.1) is 0 Å². The number of hydrogen-bond donors (Lipinski definition) is 0. The summed E-state index contributed by atoms with van der Waals surface area (Å²) in [5, 5.41) is 3.96. The van der Waals surface area contributed by atoms with Crippen LogP contribution in [0.15, 0.2) is 59.4 Å². The molecule has 2 aromatic carbocycles. The minimum atomic E-state index is -0.330. The van der Waals surface area contributed by atoms with E-state index in [-0.39, 0.29) is 23.6 Å². The third kappa shape index (κ3) is 2.97. The van der Waals surface area contributed by atoms with Gasteiger partial charge in [0.25, 0.3) is 5.89 Å². The van der Waals surface area contributed by atoms with Crippen LogP contribution in [0.25, 0.3) is 23.0 Å². The zero-order chi connectivity index (χ0) is 19.1. The highest BCUT2D eigenvalue weighted by atomic mass is 19.1. The van der Waals surface area contributed by atoms with E-state index in [1.54, 1.807) is 30.6 Å². The quantitative estimate of drug-likeness (QED) is 0.534. The van der Waals surface area contributed by atoms with Crippen molar-refractivity contribution in [2.45, 2.75) is 19.3 Å². The normalized spacial score (nSPS) is 16.1. The fourth-order valence-electron chi connectivity index (χ4n) is 3.22. The molecule has 28 heavy (non-hydrogen) atoms. The third-order valence-electron chi connectivity index (χ3n) is 4.70. The maximum atomic E-state index is 13.1. The van der Waals surface area contributed by atoms with E-state index in [0.29, 0.717) is 30.2 Å². The van der Waals surface area contributed by atoms with Crippen LogP contribution in [0.4, 0.5) is 8.78 Å². The molecule has 0 saturated heterocycles. The average Bonchev–Trinajstić information content (AvgIpc) is 3.35. The molecule has 0 unspecified atom stereocenters. The molecule has 1 aliphatic rings. The molecule has 0 bridgehead atoms. The minimum absolute atomic E-state index is 0.187. The number of fused-ring (bicyclic) bond motifs is 1. The summed E-state index contributed by atoms with van der Waals surface area (Å²) in [5.74, 6) is 0.0246. The molecule has 0 amide bonds. The van der Waals surface area contributed by atoms with E-state index in [0.717, 1.165) is 11.3 Å². The van der Waals surface area contributed by atoms with Gasteiger partial charge in [0.05, 0.1) is 25.2 Å². The molecule has 8 heteroatoms. The van der Waals surface area contributed by atoms with Crippen LogP contribution in [-0.2, 0) is 17.9 Å². The van der Waals surface area contributed by atoms with E-state index in [2.05, 4.69) is 15.1 Å². The van der Waals surface area contributed by atoms with Crippen LogP contribution in [0.1, 0.15) is 17.4 Å². The molecule has 3 heterocycles. The van der Waals surface area contributed by atoms with Crippen LogP contribution in [0.5, 0.6) is 0 Å². The first-order chi connectivity index (χ1) is 13.7. The fraction of sp³-hybridized carbons (Fsp3) is 0.150. The highest BCUT2D eigenvalue weighted by Crippen LogP contribution is 2.31. The number of nitrogens with zero attached hydrogens (tertiary/aromatic N) is 4. The van der Waals surface area contributed by atoms with Crippen molar-refractivity contribution in [3.8, 4) is 23.0 Å². The SMILES string of the molecule is Fc1ccc(-c2noc(-c3ncn4c3CO[C@H](c3ccc(F)cc3)C4)n2)cc1. The maximum absolute atomic E-state index is 13.1. The molecule has 6 nitrogen and oxygen atoms in total. The molecule has 0 fully saturated rings. The monoisotopic (exact) mass is 380 g/mol. The summed E-state index contributed by atoms with van der Waals surface area (Å²) in [5.41, 5.74) is 2.93. The van der Waals surface area contributed by atoms with Crippen LogP contribution in [0, 0.1) is 11.6 Å². The first kappa shape index (κ1) is 16.8. The predicted octanol–water partition coefficient (Wildman–Crippen LogP) is 4.15. The van der Waals surface area contributed by atoms with E-state index < -0.39 is 0 Å². The fourth-order valence-corrected chi connectivity index (χ4v) is 3.22. The molecular formula is C20H14F2N4O2. The lowest BCUT2D eigenvalue weighted by Crippen LogP contribution is -2.20. The Labute approximate surface area is 158 Å². The lowest BCUT2D eigenvalue weighted by Gasteiger charge is -2.25. The Hall–Kier alpha value is -3.39. The summed E-state index contributed by atoms with van der Waals surface area (Å²) in [6.07, 6.45) is 1.51. The van der Waals surface area contributed by atoms with Crippen LogP contribution in [-0.4, -0.2) is 19.7 Å². The number of imidazole rings is 1. The molecule has 140 valence electrons. The van der Waals surface area contributed by atoms with Gasteiger partial charge >= 0.3 is 0 Å². The summed E-state index contributed by atoms with van der Waals surface area (Å²) >= 11 is 0. The van der Waals surface area contributed by atoms with Gasteiger partial charge in [0.2, 0.25) is 5.82 Å². The first-order valence-corrected chi connectivity index (χ1v) is 8.68. The molecule has 0 spiro atoms. The van der Waals surface area contributed by atoms with Crippen LogP contribution in [0.3, 0.4) is 0 Å². The van der Waals surface area contributed by atoms with E-state index in [1.165, 1.54) is 24.3 Å². The first-order valence-electron chi connectivity index (χ1n) is 8.68. The van der Waals surface area contributed by atoms with E-state index in [4.69, 9.17) is 9.26 Å². The van der Waals surface area contributed by atoms with Crippen LogP contribution in [0.2, 0.25) is 0 Å². The zero-order valence-corrected chi connectivity index (χ0v) is 14.5. The lowest BCUT2D eigenvalue weighted by molar-refractivity contribution is 0.00326. The number of hydrogen-bond acceptors (Lipinski definition) is 5. The summed E-state index contributed by atoms with van der Waals surface area (Å²) in [6, 6.07) is 12.1. The number of halogens is 2. The molecule has 0 radical (unpaired) electrons. The summed E-state index contributed by atoms with van der Waals surface area (Å²) < 4.78 is 39.5. The Morgan fingerprint density at radius 3 is 2.43 bits per heavy atom. The van der Waals surface area contributed by atoms with Crippen molar-refractivity contribution >= 4 is 0 Å². The van der Waals surface area contributed by atoms with Gasteiger partial charge in [0.15, 0.2) is 5.69 Å². The predicted molar refractivity (Wildman–Crippen MR) is 94.8 cm³/mol. The minimum Gasteiger partial charge on any atom is -0.365 e. The van der Waals surface area contributed by atoms with Gasteiger partial charge in [0, 0.05) is 5.56 Å². The Balaban J connectivity index is 1.41. The van der Waals surface area contributed by atoms with Gasteiger partial charge in [-0.25, -0.2) is 13.8 Å². The van der Waals surface area contributed by atoms with Gasteiger partial charge in [-0.05, 0) is 42.0 Å². The smallest absolute Gasteiger partial charge is 0.278 e. The molecule has 0 aliphatic carbocycles. The van der Waals surface area contributed by atoms with Gasteiger partial charge < -0.3 is 13.8 Å². The molecular weight excluding hydrogens is 366 g/mol. The van der Waals surface area contributed by atoms with E-state index in [1.807, 2.05) is 4.57 Å². The van der Waals surface area contributed by atoms with Crippen molar-refractivity contribution in [3.05, 3.63) is 77.8 Å². The highest BCUT2D eigenvalue weighted by molar-refractivity contribution is 5.59. The van der Waals surface area contributed by atoms with Gasteiger partial charge in [0.1, 0.15) is 17.7 Å². The zero-order valence-electron chi connectivity index (χ0n) is 14.5. The van der Waals surface area contributed by atoms with Crippen molar-refractivity contribution in [1.29, 1.82) is 0 Å². The molecule has 0 saturated carbocycles. The Morgan fingerprint density at radius 1 is 0.964 bits per heavy atom.